The van der Waals surface area contributed by atoms with Gasteiger partial charge in [-0.15, -0.1) is 13.2 Å². The number of aromatic nitrogens is 1. The highest BCUT2D eigenvalue weighted by Gasteiger charge is 2.23. The van der Waals surface area contributed by atoms with E-state index in [9.17, 15) is 22.8 Å². The van der Waals surface area contributed by atoms with Gasteiger partial charge in [0, 0.05) is 31.3 Å². The first kappa shape index (κ1) is 28.7. The van der Waals surface area contributed by atoms with Crippen LogP contribution in [-0.2, 0) is 30.9 Å². The SMILES string of the molecule is C=CCN(CC=C)S(=O)(=O)c1ccc(C(=O)N=c2sc3cc(NC(C)=O)ccc3n2CC(=O)OCC)cc1. The van der Waals surface area contributed by atoms with Crippen molar-refractivity contribution in [1.29, 1.82) is 0 Å². The molecular weight excluding hydrogens is 528 g/mol. The number of nitrogens with zero attached hydrogens (tertiary/aromatic N) is 3. The molecule has 1 heterocycles. The number of amides is 2. The zero-order valence-corrected chi connectivity index (χ0v) is 22.7. The molecule has 38 heavy (non-hydrogen) atoms. The highest BCUT2D eigenvalue weighted by molar-refractivity contribution is 7.89. The fourth-order valence-corrected chi connectivity index (χ4v) is 6.01. The standard InChI is InChI=1S/C26H28N4O6S2/c1-5-14-29(15-6-2)38(34,35)21-11-8-19(9-12-21)25(33)28-26-30(17-24(32)36-7-3)22-13-10-20(27-18(4)31)16-23(22)37-26/h5-6,8-13,16H,1-2,7,14-15,17H2,3-4H3,(H,27,31). The second kappa shape index (κ2) is 12.6. The quantitative estimate of drug-likeness (QED) is 0.285. The number of hydrogen-bond donors (Lipinski definition) is 1. The van der Waals surface area contributed by atoms with Crippen LogP contribution < -0.4 is 10.1 Å². The number of anilines is 1. The smallest absolute Gasteiger partial charge is 0.326 e. The lowest BCUT2D eigenvalue weighted by Crippen LogP contribution is -2.31. The van der Waals surface area contributed by atoms with Gasteiger partial charge in [-0.25, -0.2) is 8.42 Å². The minimum Gasteiger partial charge on any atom is -0.465 e. The van der Waals surface area contributed by atoms with Gasteiger partial charge in [0.15, 0.2) is 4.80 Å². The number of hydrogen-bond acceptors (Lipinski definition) is 7. The van der Waals surface area contributed by atoms with E-state index in [1.54, 1.807) is 29.7 Å². The Hall–Kier alpha value is -3.87. The summed E-state index contributed by atoms with van der Waals surface area (Å²) in [6.07, 6.45) is 2.96. The number of carbonyl (C=O) groups excluding carboxylic acids is 3. The number of sulfonamides is 1. The maximum absolute atomic E-state index is 13.0. The summed E-state index contributed by atoms with van der Waals surface area (Å²) in [5, 5.41) is 2.70. The zero-order chi connectivity index (χ0) is 27.9. The Morgan fingerprint density at radius 2 is 1.76 bits per heavy atom. The molecule has 200 valence electrons. The molecule has 0 radical (unpaired) electrons. The van der Waals surface area contributed by atoms with Crippen molar-refractivity contribution in [2.45, 2.75) is 25.3 Å². The summed E-state index contributed by atoms with van der Waals surface area (Å²) in [4.78, 5) is 41.2. The van der Waals surface area contributed by atoms with Crippen LogP contribution in [0.25, 0.3) is 10.2 Å². The van der Waals surface area contributed by atoms with Crippen LogP contribution >= 0.6 is 11.3 Å². The lowest BCUT2D eigenvalue weighted by molar-refractivity contribution is -0.143. The van der Waals surface area contributed by atoms with Crippen molar-refractivity contribution in [3.63, 3.8) is 0 Å². The van der Waals surface area contributed by atoms with Crippen LogP contribution in [0.4, 0.5) is 5.69 Å². The van der Waals surface area contributed by atoms with Gasteiger partial charge in [-0.1, -0.05) is 23.5 Å². The minimum absolute atomic E-state index is 0.0162. The van der Waals surface area contributed by atoms with Gasteiger partial charge < -0.3 is 14.6 Å². The molecule has 10 nitrogen and oxygen atoms in total. The van der Waals surface area contributed by atoms with Gasteiger partial charge >= 0.3 is 5.97 Å². The maximum Gasteiger partial charge on any atom is 0.326 e. The van der Waals surface area contributed by atoms with Gasteiger partial charge in [0.25, 0.3) is 5.91 Å². The van der Waals surface area contributed by atoms with Crippen molar-refractivity contribution in [2.75, 3.05) is 25.0 Å². The molecule has 0 unspecified atom stereocenters. The van der Waals surface area contributed by atoms with Crippen LogP contribution in [0.1, 0.15) is 24.2 Å². The average Bonchev–Trinajstić information content (AvgIpc) is 3.19. The molecule has 0 atom stereocenters. The average molecular weight is 557 g/mol. The Bertz CT molecular complexity index is 1540. The van der Waals surface area contributed by atoms with Crippen molar-refractivity contribution in [1.82, 2.24) is 8.87 Å². The highest BCUT2D eigenvalue weighted by Crippen LogP contribution is 2.23. The summed E-state index contributed by atoms with van der Waals surface area (Å²) in [6, 6.07) is 10.6. The molecule has 3 aromatic rings. The molecule has 0 bridgehead atoms. The van der Waals surface area contributed by atoms with E-state index in [0.29, 0.717) is 15.9 Å². The predicted molar refractivity (Wildman–Crippen MR) is 146 cm³/mol. The van der Waals surface area contributed by atoms with Crippen LogP contribution in [0.15, 0.2) is 77.7 Å². The van der Waals surface area contributed by atoms with Crippen molar-refractivity contribution >= 4 is 55.0 Å². The van der Waals surface area contributed by atoms with Crippen molar-refractivity contribution < 1.29 is 27.5 Å². The van der Waals surface area contributed by atoms with Gasteiger partial charge in [0.2, 0.25) is 15.9 Å². The van der Waals surface area contributed by atoms with Crippen LogP contribution in [0.3, 0.4) is 0 Å². The third-order valence-corrected chi connectivity index (χ3v) is 8.08. The third-order valence-electron chi connectivity index (χ3n) is 5.20. The second-order valence-corrected chi connectivity index (χ2v) is 10.9. The number of fused-ring (bicyclic) bond motifs is 1. The fourth-order valence-electron chi connectivity index (χ4n) is 3.56. The Kier molecular flexibility index (Phi) is 9.50. The first-order chi connectivity index (χ1) is 18.1. The van der Waals surface area contributed by atoms with Gasteiger partial charge in [0.1, 0.15) is 6.54 Å². The van der Waals surface area contributed by atoms with Gasteiger partial charge in [-0.2, -0.15) is 9.30 Å². The summed E-state index contributed by atoms with van der Waals surface area (Å²) >= 11 is 1.17. The molecule has 0 aliphatic carbocycles. The predicted octanol–water partition coefficient (Wildman–Crippen LogP) is 3.33. The highest BCUT2D eigenvalue weighted by atomic mass is 32.2. The number of ether oxygens (including phenoxy) is 1. The fraction of sp³-hybridized carbons (Fsp3) is 0.231. The molecule has 0 fully saturated rings. The van der Waals surface area contributed by atoms with E-state index in [2.05, 4.69) is 23.5 Å². The van der Waals surface area contributed by atoms with Crippen molar-refractivity contribution in [3.05, 3.63) is 78.1 Å². The maximum atomic E-state index is 13.0. The third kappa shape index (κ3) is 6.71. The Balaban J connectivity index is 2.01. The molecule has 0 aliphatic rings. The number of thiazole rings is 1. The van der Waals surface area contributed by atoms with Gasteiger partial charge in [0.05, 0.1) is 21.7 Å². The monoisotopic (exact) mass is 556 g/mol. The summed E-state index contributed by atoms with van der Waals surface area (Å²) in [6.45, 7) is 10.5. The van der Waals surface area contributed by atoms with E-state index >= 15 is 0 Å². The van der Waals surface area contributed by atoms with Gasteiger partial charge in [-0.05, 0) is 49.4 Å². The van der Waals surface area contributed by atoms with Crippen LogP contribution in [0.5, 0.6) is 0 Å². The summed E-state index contributed by atoms with van der Waals surface area (Å²) in [5.41, 5.74) is 1.36. The summed E-state index contributed by atoms with van der Waals surface area (Å²) in [5.74, 6) is -1.35. The Morgan fingerprint density at radius 1 is 1.11 bits per heavy atom. The number of benzene rings is 2. The van der Waals surface area contributed by atoms with Gasteiger partial charge in [-0.3, -0.25) is 14.4 Å². The Labute approximate surface area is 224 Å². The number of esters is 1. The van der Waals surface area contributed by atoms with Crippen LogP contribution in [0, 0.1) is 0 Å². The molecular formula is C26H28N4O6S2. The normalized spacial score (nSPS) is 11.9. The lowest BCUT2D eigenvalue weighted by atomic mass is 10.2. The summed E-state index contributed by atoms with van der Waals surface area (Å²) in [7, 11) is -3.82. The van der Waals surface area contributed by atoms with Crippen molar-refractivity contribution in [2.24, 2.45) is 4.99 Å². The number of nitrogens with one attached hydrogen (secondary N) is 1. The second-order valence-electron chi connectivity index (χ2n) is 7.98. The number of carbonyl (C=O) groups is 3. The first-order valence-electron chi connectivity index (χ1n) is 11.6. The van der Waals surface area contributed by atoms with Crippen LogP contribution in [-0.4, -0.2) is 54.8 Å². The Morgan fingerprint density at radius 3 is 2.34 bits per heavy atom. The first-order valence-corrected chi connectivity index (χ1v) is 13.8. The molecule has 2 amide bonds. The molecule has 3 rings (SSSR count). The van der Waals surface area contributed by atoms with E-state index in [0.717, 1.165) is 0 Å². The molecule has 1 aromatic heterocycles. The molecule has 1 N–H and O–H groups in total. The molecule has 0 saturated carbocycles. The zero-order valence-electron chi connectivity index (χ0n) is 21.0. The molecule has 12 heteroatoms. The molecule has 0 aliphatic heterocycles. The molecule has 0 spiro atoms. The largest absolute Gasteiger partial charge is 0.465 e. The van der Waals surface area contributed by atoms with E-state index in [4.69, 9.17) is 4.74 Å². The summed E-state index contributed by atoms with van der Waals surface area (Å²) < 4.78 is 34.4. The minimum atomic E-state index is -3.82. The van der Waals surface area contributed by atoms with E-state index in [1.165, 1.54) is 59.0 Å². The number of rotatable bonds is 11. The van der Waals surface area contributed by atoms with E-state index in [1.807, 2.05) is 0 Å². The van der Waals surface area contributed by atoms with Crippen LogP contribution in [0.2, 0.25) is 0 Å². The van der Waals surface area contributed by atoms with Crippen molar-refractivity contribution in [3.8, 4) is 0 Å². The molecule has 2 aromatic carbocycles. The van der Waals surface area contributed by atoms with E-state index < -0.39 is 21.9 Å². The van der Waals surface area contributed by atoms with E-state index in [-0.39, 0.29) is 47.4 Å². The molecule has 0 saturated heterocycles. The topological polar surface area (TPSA) is 127 Å². The lowest BCUT2D eigenvalue weighted by Gasteiger charge is -2.19.